The lowest BCUT2D eigenvalue weighted by Gasteiger charge is -2.02. The summed E-state index contributed by atoms with van der Waals surface area (Å²) in [7, 11) is 0. The lowest BCUT2D eigenvalue weighted by atomic mass is 10.1. The molecule has 0 atom stereocenters. The summed E-state index contributed by atoms with van der Waals surface area (Å²) in [5, 5.41) is 12.6. The van der Waals surface area contributed by atoms with Gasteiger partial charge in [-0.2, -0.15) is 14.9 Å². The molecule has 2 aromatic carbocycles. The number of hydrogen-bond acceptors (Lipinski definition) is 3. The molecule has 3 aromatic rings. The van der Waals surface area contributed by atoms with Crippen molar-refractivity contribution in [1.29, 1.82) is 0 Å². The molecule has 1 N–H and O–H groups in total. The largest absolute Gasteiger partial charge is 0.250 e. The first kappa shape index (κ1) is 16.9. The lowest BCUT2D eigenvalue weighted by molar-refractivity contribution is 0.750. The van der Waals surface area contributed by atoms with Crippen molar-refractivity contribution in [2.75, 3.05) is 0 Å². The molecule has 0 unspecified atom stereocenters. The van der Waals surface area contributed by atoms with Gasteiger partial charge >= 0.3 is 0 Å². The van der Waals surface area contributed by atoms with Gasteiger partial charge in [-0.3, -0.25) is 5.10 Å². The predicted molar refractivity (Wildman–Crippen MR) is 101 cm³/mol. The third-order valence-electron chi connectivity index (χ3n) is 3.47. The summed E-state index contributed by atoms with van der Waals surface area (Å²) in [5.41, 5.74) is 2.00. The van der Waals surface area contributed by atoms with Crippen LogP contribution in [0.3, 0.4) is 0 Å². The SMILES string of the molecule is S=c1[nH]nc(CCc2ccccc2)n1/N=C\c1ccc(Cl)cc1Cl. The van der Waals surface area contributed by atoms with Crippen LogP contribution in [-0.4, -0.2) is 21.1 Å². The number of rotatable bonds is 5. The Morgan fingerprint density at radius 3 is 2.67 bits per heavy atom. The van der Waals surface area contributed by atoms with E-state index in [-0.39, 0.29) is 0 Å². The topological polar surface area (TPSA) is 46.0 Å². The van der Waals surface area contributed by atoms with Gasteiger partial charge in [-0.1, -0.05) is 59.6 Å². The average Bonchev–Trinajstić information content (AvgIpc) is 2.93. The minimum atomic E-state index is 0.444. The zero-order valence-corrected chi connectivity index (χ0v) is 14.9. The maximum atomic E-state index is 6.16. The molecule has 0 aliphatic rings. The molecule has 0 fully saturated rings. The highest BCUT2D eigenvalue weighted by molar-refractivity contribution is 7.71. The third kappa shape index (κ3) is 4.12. The van der Waals surface area contributed by atoms with Crippen LogP contribution in [0.1, 0.15) is 17.0 Å². The normalized spacial score (nSPS) is 11.2. The summed E-state index contributed by atoms with van der Waals surface area (Å²) in [4.78, 5) is 0. The molecule has 1 heterocycles. The van der Waals surface area contributed by atoms with E-state index in [4.69, 9.17) is 35.4 Å². The first-order valence-electron chi connectivity index (χ1n) is 7.33. The minimum Gasteiger partial charge on any atom is -0.250 e. The molecule has 1 aromatic heterocycles. The quantitative estimate of drug-likeness (QED) is 0.507. The molecule has 0 radical (unpaired) electrons. The van der Waals surface area contributed by atoms with E-state index < -0.39 is 0 Å². The second-order valence-corrected chi connectivity index (χ2v) is 6.38. The van der Waals surface area contributed by atoms with Crippen LogP contribution in [0.25, 0.3) is 0 Å². The maximum Gasteiger partial charge on any atom is 0.216 e. The van der Waals surface area contributed by atoms with Crippen molar-refractivity contribution in [2.24, 2.45) is 5.10 Å². The molecule has 0 saturated carbocycles. The number of aromatic amines is 1. The third-order valence-corrected chi connectivity index (χ3v) is 4.30. The highest BCUT2D eigenvalue weighted by atomic mass is 35.5. The number of aromatic nitrogens is 3. The Balaban J connectivity index is 1.79. The molecule has 3 rings (SSSR count). The number of hydrogen-bond donors (Lipinski definition) is 1. The van der Waals surface area contributed by atoms with Crippen LogP contribution >= 0.6 is 35.4 Å². The van der Waals surface area contributed by atoms with Gasteiger partial charge in [0.15, 0.2) is 5.82 Å². The summed E-state index contributed by atoms with van der Waals surface area (Å²) in [6.07, 6.45) is 3.23. The molecule has 7 heteroatoms. The van der Waals surface area contributed by atoms with Gasteiger partial charge in [-0.15, -0.1) is 0 Å². The van der Waals surface area contributed by atoms with E-state index >= 15 is 0 Å². The number of benzene rings is 2. The Hall–Kier alpha value is -1.95. The van der Waals surface area contributed by atoms with Crippen molar-refractivity contribution in [3.05, 3.63) is 80.3 Å². The monoisotopic (exact) mass is 376 g/mol. The van der Waals surface area contributed by atoms with Gasteiger partial charge in [-0.25, -0.2) is 0 Å². The van der Waals surface area contributed by atoms with Crippen LogP contribution < -0.4 is 0 Å². The van der Waals surface area contributed by atoms with Crippen LogP contribution in [0, 0.1) is 4.77 Å². The molecular weight excluding hydrogens is 363 g/mol. The summed E-state index contributed by atoms with van der Waals surface area (Å²) in [6.45, 7) is 0. The molecule has 0 bridgehead atoms. The number of nitrogens with one attached hydrogen (secondary N) is 1. The molecule has 4 nitrogen and oxygen atoms in total. The Morgan fingerprint density at radius 2 is 1.92 bits per heavy atom. The maximum absolute atomic E-state index is 6.16. The molecule has 0 spiro atoms. The first-order valence-corrected chi connectivity index (χ1v) is 8.49. The number of aryl methyl sites for hydroxylation is 2. The number of halogens is 2. The van der Waals surface area contributed by atoms with Crippen LogP contribution in [0.5, 0.6) is 0 Å². The van der Waals surface area contributed by atoms with E-state index in [1.165, 1.54) is 5.56 Å². The summed E-state index contributed by atoms with van der Waals surface area (Å²) in [6, 6.07) is 15.5. The van der Waals surface area contributed by atoms with E-state index in [2.05, 4.69) is 27.4 Å². The average molecular weight is 377 g/mol. The molecule has 122 valence electrons. The van der Waals surface area contributed by atoms with Gasteiger partial charge in [0.05, 0.1) is 11.2 Å². The molecule has 0 aliphatic heterocycles. The number of nitrogens with zero attached hydrogens (tertiary/aromatic N) is 3. The minimum absolute atomic E-state index is 0.444. The van der Waals surface area contributed by atoms with Crippen LogP contribution in [0.4, 0.5) is 0 Å². The van der Waals surface area contributed by atoms with E-state index in [0.717, 1.165) is 24.2 Å². The summed E-state index contributed by atoms with van der Waals surface area (Å²) < 4.78 is 2.06. The van der Waals surface area contributed by atoms with Crippen LogP contribution in [0.15, 0.2) is 53.6 Å². The van der Waals surface area contributed by atoms with E-state index in [9.17, 15) is 0 Å². The van der Waals surface area contributed by atoms with E-state index in [1.54, 1.807) is 23.0 Å². The summed E-state index contributed by atoms with van der Waals surface area (Å²) >= 11 is 17.3. The highest BCUT2D eigenvalue weighted by Gasteiger charge is 2.06. The fourth-order valence-electron chi connectivity index (χ4n) is 2.23. The van der Waals surface area contributed by atoms with E-state index in [0.29, 0.717) is 14.8 Å². The van der Waals surface area contributed by atoms with E-state index in [1.807, 2.05) is 24.3 Å². The van der Waals surface area contributed by atoms with Gasteiger partial charge < -0.3 is 0 Å². The van der Waals surface area contributed by atoms with Crippen molar-refractivity contribution in [3.63, 3.8) is 0 Å². The van der Waals surface area contributed by atoms with Gasteiger partial charge in [0.2, 0.25) is 4.77 Å². The highest BCUT2D eigenvalue weighted by Crippen LogP contribution is 2.19. The van der Waals surface area contributed by atoms with Crippen molar-refractivity contribution in [2.45, 2.75) is 12.8 Å². The molecular formula is C17H14Cl2N4S. The van der Waals surface area contributed by atoms with Crippen LogP contribution in [-0.2, 0) is 12.8 Å². The molecule has 0 aliphatic carbocycles. The zero-order valence-electron chi connectivity index (χ0n) is 12.6. The van der Waals surface area contributed by atoms with Gasteiger partial charge in [0, 0.05) is 17.0 Å². The lowest BCUT2D eigenvalue weighted by Crippen LogP contribution is -2.01. The van der Waals surface area contributed by atoms with Crippen molar-refractivity contribution < 1.29 is 0 Å². The Kier molecular flexibility index (Phi) is 5.45. The van der Waals surface area contributed by atoms with Gasteiger partial charge in [0.25, 0.3) is 0 Å². The smallest absolute Gasteiger partial charge is 0.216 e. The Labute approximate surface area is 154 Å². The fourth-order valence-corrected chi connectivity index (χ4v) is 2.89. The van der Waals surface area contributed by atoms with Crippen LogP contribution in [0.2, 0.25) is 10.0 Å². The summed E-state index contributed by atoms with van der Waals surface area (Å²) in [5.74, 6) is 0.769. The molecule has 0 saturated heterocycles. The predicted octanol–water partition coefficient (Wildman–Crippen LogP) is 4.91. The second kappa shape index (κ2) is 7.75. The number of H-pyrrole nitrogens is 1. The zero-order chi connectivity index (χ0) is 16.9. The molecule has 0 amide bonds. The fraction of sp³-hybridized carbons (Fsp3) is 0.118. The van der Waals surface area contributed by atoms with Crippen molar-refractivity contribution in [1.82, 2.24) is 14.9 Å². The standard InChI is InChI=1S/C17H14Cl2N4S/c18-14-8-7-13(15(19)10-14)11-20-23-16(21-22-17(23)24)9-6-12-4-2-1-3-5-12/h1-5,7-8,10-11H,6,9H2,(H,22,24)/b20-11-. The Bertz CT molecular complexity index is 916. The van der Waals surface area contributed by atoms with Crippen molar-refractivity contribution in [3.8, 4) is 0 Å². The Morgan fingerprint density at radius 1 is 1.12 bits per heavy atom. The second-order valence-electron chi connectivity index (χ2n) is 5.15. The first-order chi connectivity index (χ1) is 11.6. The van der Waals surface area contributed by atoms with Gasteiger partial charge in [0.1, 0.15) is 0 Å². The molecule has 24 heavy (non-hydrogen) atoms. The van der Waals surface area contributed by atoms with Gasteiger partial charge in [-0.05, 0) is 36.3 Å². The van der Waals surface area contributed by atoms with Crippen molar-refractivity contribution >= 4 is 41.6 Å².